The number of allylic oxidation sites excluding steroid dienone is 5. The average molecular weight is 679 g/mol. The van der Waals surface area contributed by atoms with Crippen molar-refractivity contribution in [2.24, 2.45) is 23.7 Å². The topological polar surface area (TPSA) is 131 Å². The van der Waals surface area contributed by atoms with Gasteiger partial charge in [0.05, 0.1) is 18.3 Å². The maximum atomic E-state index is 14.1. The molecule has 0 radical (unpaired) electrons. The molecule has 3 aliphatic rings. The molecule has 10 heteroatoms. The molecule has 0 spiro atoms. The second-order valence-corrected chi connectivity index (χ2v) is 14.0. The maximum Gasteiger partial charge on any atom is 0.293 e. The Bertz CT molecular complexity index is 1390. The molecular formula is C39H54N2O8. The van der Waals surface area contributed by atoms with E-state index in [9.17, 15) is 24.3 Å². The van der Waals surface area contributed by atoms with Crippen molar-refractivity contribution < 1.29 is 38.5 Å². The average Bonchev–Trinajstić information content (AvgIpc) is 3.11. The summed E-state index contributed by atoms with van der Waals surface area (Å²) >= 11 is 0. The lowest BCUT2D eigenvalue weighted by Crippen LogP contribution is -2.60. The molecule has 4 rings (SSSR count). The Labute approximate surface area is 290 Å². The predicted molar refractivity (Wildman–Crippen MR) is 186 cm³/mol. The fraction of sp³-hybridized carbons (Fsp3) is 0.590. The quantitative estimate of drug-likeness (QED) is 0.388. The molecule has 0 saturated carbocycles. The van der Waals surface area contributed by atoms with Crippen molar-refractivity contribution in [2.75, 3.05) is 20.8 Å². The molecule has 268 valence electrons. The molecule has 2 fully saturated rings. The number of nitrogens with zero attached hydrogens (tertiary/aromatic N) is 1. The van der Waals surface area contributed by atoms with Gasteiger partial charge in [0.25, 0.3) is 11.7 Å². The summed E-state index contributed by atoms with van der Waals surface area (Å²) in [5, 5.41) is 14.2. The second kappa shape index (κ2) is 18.0. The van der Waals surface area contributed by atoms with Gasteiger partial charge >= 0.3 is 0 Å². The van der Waals surface area contributed by atoms with Gasteiger partial charge in [-0.15, -0.1) is 0 Å². The first-order valence-electron chi connectivity index (χ1n) is 17.6. The van der Waals surface area contributed by atoms with E-state index < -0.39 is 60.1 Å². The van der Waals surface area contributed by atoms with Gasteiger partial charge in [-0.2, -0.15) is 0 Å². The lowest BCUT2D eigenvalue weighted by Gasteiger charge is -2.45. The fourth-order valence-corrected chi connectivity index (χ4v) is 7.52. The third-order valence-electron chi connectivity index (χ3n) is 10.3. The first-order chi connectivity index (χ1) is 23.5. The highest BCUT2D eigenvalue weighted by atomic mass is 16.5. The summed E-state index contributed by atoms with van der Waals surface area (Å²) in [4.78, 5) is 56.6. The van der Waals surface area contributed by atoms with Crippen LogP contribution in [0.1, 0.15) is 65.4 Å². The highest BCUT2D eigenvalue weighted by Gasteiger charge is 2.51. The van der Waals surface area contributed by atoms with Gasteiger partial charge in [-0.25, -0.2) is 0 Å². The standard InChI is InChI=1S/C39H54N2O8/c1-24-15-9-7-10-16-25(2)35(47-5)31(36(48-6)32(42)26(3)21-24)30-22-27(4)33(43)37(49-30)34(44)39(46)41-20-14-13-19-29(41)38(45)40-23-28-17-11-8-12-18-28/h7-12,15-18,24,26-27,29-31,33,35-37,43H,13-14,19-23H2,1-6H3,(H,40,45)/b10-7+,15-9-,25-16+/t24-,26+,27?,29?,30?,31?,33-,35+,36?,37-/m1/s1. The summed E-state index contributed by atoms with van der Waals surface area (Å²) in [6.45, 7) is 8.21. The van der Waals surface area contributed by atoms with Gasteiger partial charge in [0.1, 0.15) is 12.1 Å². The zero-order chi connectivity index (χ0) is 35.7. The lowest BCUT2D eigenvalue weighted by molar-refractivity contribution is -0.195. The van der Waals surface area contributed by atoms with Crippen LogP contribution in [0, 0.1) is 23.7 Å². The molecule has 1 aromatic rings. The van der Waals surface area contributed by atoms with Crippen molar-refractivity contribution in [3.05, 3.63) is 71.8 Å². The van der Waals surface area contributed by atoms with Crippen LogP contribution in [-0.4, -0.2) is 90.7 Å². The van der Waals surface area contributed by atoms with E-state index in [1.165, 1.54) is 12.0 Å². The number of methoxy groups -OCH3 is 2. The van der Waals surface area contributed by atoms with Crippen LogP contribution in [0.25, 0.3) is 0 Å². The van der Waals surface area contributed by atoms with Gasteiger partial charge in [0.2, 0.25) is 5.91 Å². The van der Waals surface area contributed by atoms with Crippen LogP contribution in [0.3, 0.4) is 0 Å². The highest BCUT2D eigenvalue weighted by Crippen LogP contribution is 2.38. The number of carbonyl (C=O) groups is 4. The van der Waals surface area contributed by atoms with E-state index in [-0.39, 0.29) is 30.1 Å². The Morgan fingerprint density at radius 3 is 2.39 bits per heavy atom. The second-order valence-electron chi connectivity index (χ2n) is 14.0. The highest BCUT2D eigenvalue weighted by molar-refractivity contribution is 6.38. The largest absolute Gasteiger partial charge is 0.390 e. The van der Waals surface area contributed by atoms with Gasteiger partial charge in [-0.05, 0) is 62.0 Å². The predicted octanol–water partition coefficient (Wildman–Crippen LogP) is 4.36. The Kier molecular flexibility index (Phi) is 14.1. The van der Waals surface area contributed by atoms with Gasteiger partial charge in [0.15, 0.2) is 11.9 Å². The fourth-order valence-electron chi connectivity index (χ4n) is 7.52. The first-order valence-corrected chi connectivity index (χ1v) is 17.6. The number of amides is 2. The molecule has 1 aliphatic carbocycles. The van der Waals surface area contributed by atoms with Gasteiger partial charge in [-0.1, -0.05) is 81.5 Å². The first kappa shape index (κ1) is 38.4. The van der Waals surface area contributed by atoms with Crippen molar-refractivity contribution >= 4 is 23.4 Å². The smallest absolute Gasteiger partial charge is 0.293 e. The Hall–Kier alpha value is -3.44. The third-order valence-corrected chi connectivity index (χ3v) is 10.3. The number of rotatable bonds is 8. The molecule has 2 N–H and O–H groups in total. The molecule has 0 aromatic heterocycles. The number of Topliss-reactive ketones (excluding diaryl/α,β-unsaturated/α-hetero) is 2. The molecular weight excluding hydrogens is 624 g/mol. The molecule has 2 amide bonds. The van der Waals surface area contributed by atoms with Crippen LogP contribution in [-0.2, 0) is 39.9 Å². The Morgan fingerprint density at radius 2 is 1.69 bits per heavy atom. The SMILES string of the molecule is COC1C(=O)[C@@H](C)C[C@H](C)\C=C/C=C/C=C(\C)[C@H](OC)C1C1CC(C)[C@@H](O)[C@H](C(=O)C(=O)N2CCCCC2C(=O)NCc2ccccc2)O1. The van der Waals surface area contributed by atoms with E-state index in [0.717, 1.165) is 17.6 Å². The number of ether oxygens (including phenoxy) is 3. The van der Waals surface area contributed by atoms with Crippen LogP contribution in [0.2, 0.25) is 0 Å². The van der Waals surface area contributed by atoms with Crippen LogP contribution in [0.15, 0.2) is 66.3 Å². The minimum atomic E-state index is -1.49. The van der Waals surface area contributed by atoms with Crippen molar-refractivity contribution in [1.29, 1.82) is 0 Å². The van der Waals surface area contributed by atoms with Crippen molar-refractivity contribution in [2.45, 2.75) is 103 Å². The summed E-state index contributed by atoms with van der Waals surface area (Å²) < 4.78 is 18.4. The normalized spacial score (nSPS) is 35.4. The summed E-state index contributed by atoms with van der Waals surface area (Å²) in [6.07, 6.45) is 7.44. The number of aliphatic hydroxyl groups excluding tert-OH is 1. The number of piperidine rings is 1. The van der Waals surface area contributed by atoms with Crippen LogP contribution < -0.4 is 5.32 Å². The Balaban J connectivity index is 1.61. The number of benzene rings is 1. The lowest BCUT2D eigenvalue weighted by atomic mass is 9.75. The number of ketones is 2. The molecule has 10 nitrogen and oxygen atoms in total. The molecule has 5 unspecified atom stereocenters. The van der Waals surface area contributed by atoms with E-state index in [1.54, 1.807) is 14.0 Å². The van der Waals surface area contributed by atoms with E-state index in [2.05, 4.69) is 18.3 Å². The Morgan fingerprint density at radius 1 is 0.980 bits per heavy atom. The molecule has 0 bridgehead atoms. The van der Waals surface area contributed by atoms with E-state index in [1.807, 2.05) is 68.5 Å². The number of carbonyl (C=O) groups excluding carboxylic acids is 4. The third kappa shape index (κ3) is 9.42. The number of likely N-dealkylation sites (tertiary alicyclic amines) is 1. The van der Waals surface area contributed by atoms with E-state index >= 15 is 0 Å². The zero-order valence-electron chi connectivity index (χ0n) is 29.7. The van der Waals surface area contributed by atoms with Crippen molar-refractivity contribution in [3.63, 3.8) is 0 Å². The van der Waals surface area contributed by atoms with E-state index in [4.69, 9.17) is 14.2 Å². The summed E-state index contributed by atoms with van der Waals surface area (Å²) in [7, 11) is 3.05. The van der Waals surface area contributed by atoms with Gasteiger partial charge in [-0.3, -0.25) is 19.2 Å². The summed E-state index contributed by atoms with van der Waals surface area (Å²) in [6, 6.07) is 8.65. The molecule has 2 aliphatic heterocycles. The number of hydrogen-bond donors (Lipinski definition) is 2. The number of nitrogens with one attached hydrogen (secondary N) is 1. The molecule has 2 saturated heterocycles. The zero-order valence-corrected chi connectivity index (χ0v) is 29.7. The summed E-state index contributed by atoms with van der Waals surface area (Å²) in [5.41, 5.74) is 1.75. The van der Waals surface area contributed by atoms with Crippen LogP contribution >= 0.6 is 0 Å². The van der Waals surface area contributed by atoms with Crippen LogP contribution in [0.4, 0.5) is 0 Å². The number of hydrogen-bond acceptors (Lipinski definition) is 8. The van der Waals surface area contributed by atoms with Gasteiger partial charge < -0.3 is 29.5 Å². The molecule has 2 heterocycles. The van der Waals surface area contributed by atoms with Crippen LogP contribution in [0.5, 0.6) is 0 Å². The minimum absolute atomic E-state index is 0.103. The van der Waals surface area contributed by atoms with Gasteiger partial charge in [0, 0.05) is 39.1 Å². The summed E-state index contributed by atoms with van der Waals surface area (Å²) in [5.74, 6) is -3.53. The molecule has 49 heavy (non-hydrogen) atoms. The van der Waals surface area contributed by atoms with E-state index in [0.29, 0.717) is 32.2 Å². The molecule has 1 aromatic carbocycles. The molecule has 10 atom stereocenters. The van der Waals surface area contributed by atoms with Crippen molar-refractivity contribution in [1.82, 2.24) is 10.2 Å². The van der Waals surface area contributed by atoms with Crippen molar-refractivity contribution in [3.8, 4) is 0 Å². The maximum absolute atomic E-state index is 14.1. The number of aliphatic hydroxyl groups is 1. The minimum Gasteiger partial charge on any atom is -0.390 e. The monoisotopic (exact) mass is 678 g/mol.